The third kappa shape index (κ3) is 5.17. The number of nitrogens with zero attached hydrogens (tertiary/aromatic N) is 1. The third-order valence-electron chi connectivity index (χ3n) is 3.08. The highest BCUT2D eigenvalue weighted by atomic mass is 16.2. The first kappa shape index (κ1) is 14.0. The molecule has 0 aromatic carbocycles. The van der Waals surface area contributed by atoms with Crippen LogP contribution >= 0.6 is 0 Å². The summed E-state index contributed by atoms with van der Waals surface area (Å²) in [4.78, 5) is 24.4. The molecule has 0 heterocycles. The van der Waals surface area contributed by atoms with Crippen molar-refractivity contribution >= 4 is 11.8 Å². The lowest BCUT2D eigenvalue weighted by Gasteiger charge is -2.16. The molecule has 5 nitrogen and oxygen atoms in total. The number of nitrogens with two attached hydrogens (primary N) is 1. The zero-order chi connectivity index (χ0) is 12.8. The highest BCUT2D eigenvalue weighted by Crippen LogP contribution is 2.32. The average Bonchev–Trinajstić information content (AvgIpc) is 3.09. The van der Waals surface area contributed by atoms with Gasteiger partial charge in [-0.2, -0.15) is 0 Å². The Morgan fingerprint density at radius 1 is 1.35 bits per heavy atom. The number of carbonyl (C=O) groups excluding carboxylic acids is 2. The van der Waals surface area contributed by atoms with E-state index in [0.29, 0.717) is 31.7 Å². The second-order valence-electron chi connectivity index (χ2n) is 4.89. The van der Waals surface area contributed by atoms with Crippen LogP contribution in [0.1, 0.15) is 32.1 Å². The van der Waals surface area contributed by atoms with Gasteiger partial charge >= 0.3 is 0 Å². The van der Waals surface area contributed by atoms with Crippen molar-refractivity contribution in [2.75, 3.05) is 20.6 Å². The van der Waals surface area contributed by atoms with Crippen LogP contribution in [0.2, 0.25) is 0 Å². The summed E-state index contributed by atoms with van der Waals surface area (Å²) in [7, 11) is 3.44. The summed E-state index contributed by atoms with van der Waals surface area (Å²) in [5.41, 5.74) is 5.60. The topological polar surface area (TPSA) is 75.4 Å². The number of rotatable bonds is 7. The Bertz CT molecular complexity index is 275. The van der Waals surface area contributed by atoms with Crippen molar-refractivity contribution in [2.24, 2.45) is 11.7 Å². The Hall–Kier alpha value is -1.10. The van der Waals surface area contributed by atoms with Crippen molar-refractivity contribution in [3.05, 3.63) is 0 Å². The lowest BCUT2D eigenvalue weighted by molar-refractivity contribution is -0.129. The Morgan fingerprint density at radius 2 is 2.00 bits per heavy atom. The summed E-state index contributed by atoms with van der Waals surface area (Å²) in [5, 5.41) is 2.94. The zero-order valence-electron chi connectivity index (χ0n) is 10.7. The minimum absolute atomic E-state index is 0.0129. The summed E-state index contributed by atoms with van der Waals surface area (Å²) in [6.45, 7) is 0.507. The SMILES string of the molecule is CN(C)C(=O)CCCC(=O)NC(CN)C1CC1. The molecule has 1 aliphatic rings. The van der Waals surface area contributed by atoms with Crippen LogP contribution in [0.5, 0.6) is 0 Å². The second-order valence-corrected chi connectivity index (χ2v) is 4.89. The number of hydrogen-bond donors (Lipinski definition) is 2. The largest absolute Gasteiger partial charge is 0.352 e. The fourth-order valence-electron chi connectivity index (χ4n) is 1.77. The van der Waals surface area contributed by atoms with Gasteiger partial charge in [-0.25, -0.2) is 0 Å². The van der Waals surface area contributed by atoms with Gasteiger partial charge in [0, 0.05) is 39.5 Å². The predicted molar refractivity (Wildman–Crippen MR) is 66.3 cm³/mol. The normalized spacial score (nSPS) is 16.4. The molecular weight excluding hydrogens is 218 g/mol. The zero-order valence-corrected chi connectivity index (χ0v) is 10.7. The molecule has 0 aromatic rings. The highest BCUT2D eigenvalue weighted by molar-refractivity contribution is 5.78. The molecule has 2 amide bonds. The fourth-order valence-corrected chi connectivity index (χ4v) is 1.77. The predicted octanol–water partition coefficient (Wildman–Crippen LogP) is 0.0984. The molecule has 1 rings (SSSR count). The number of carbonyl (C=O) groups is 2. The van der Waals surface area contributed by atoms with E-state index < -0.39 is 0 Å². The molecular formula is C12H23N3O2. The van der Waals surface area contributed by atoms with Gasteiger partial charge in [-0.05, 0) is 25.2 Å². The third-order valence-corrected chi connectivity index (χ3v) is 3.08. The lowest BCUT2D eigenvalue weighted by atomic mass is 10.1. The summed E-state index contributed by atoms with van der Waals surface area (Å²) < 4.78 is 0. The number of nitrogens with one attached hydrogen (secondary N) is 1. The maximum Gasteiger partial charge on any atom is 0.222 e. The minimum atomic E-state index is 0.0129. The van der Waals surface area contributed by atoms with Gasteiger partial charge in [0.25, 0.3) is 0 Å². The van der Waals surface area contributed by atoms with Crippen LogP contribution in [0.3, 0.4) is 0 Å². The maximum absolute atomic E-state index is 11.6. The van der Waals surface area contributed by atoms with Crippen molar-refractivity contribution in [3.63, 3.8) is 0 Å². The molecule has 1 saturated carbocycles. The first-order valence-electron chi connectivity index (χ1n) is 6.24. The van der Waals surface area contributed by atoms with E-state index in [0.717, 1.165) is 0 Å². The first-order valence-corrected chi connectivity index (χ1v) is 6.24. The standard InChI is InChI=1S/C12H23N3O2/c1-15(2)12(17)5-3-4-11(16)14-10(8-13)9-6-7-9/h9-10H,3-8,13H2,1-2H3,(H,14,16). The second kappa shape index (κ2) is 6.59. The van der Waals surface area contributed by atoms with Crippen LogP contribution < -0.4 is 11.1 Å². The Morgan fingerprint density at radius 3 is 2.47 bits per heavy atom. The Labute approximate surface area is 103 Å². The molecule has 0 radical (unpaired) electrons. The minimum Gasteiger partial charge on any atom is -0.352 e. The van der Waals surface area contributed by atoms with E-state index in [1.807, 2.05) is 0 Å². The molecule has 1 fully saturated rings. The van der Waals surface area contributed by atoms with Crippen LogP contribution in [-0.4, -0.2) is 43.4 Å². The lowest BCUT2D eigenvalue weighted by Crippen LogP contribution is -2.41. The van der Waals surface area contributed by atoms with Crippen molar-refractivity contribution in [2.45, 2.75) is 38.1 Å². The average molecular weight is 241 g/mol. The van der Waals surface area contributed by atoms with Gasteiger partial charge in [-0.3, -0.25) is 9.59 Å². The Balaban J connectivity index is 2.14. The molecule has 0 aromatic heterocycles. The Kier molecular flexibility index (Phi) is 5.41. The number of amides is 2. The van der Waals surface area contributed by atoms with E-state index in [2.05, 4.69) is 5.32 Å². The quantitative estimate of drug-likeness (QED) is 0.663. The van der Waals surface area contributed by atoms with E-state index in [4.69, 9.17) is 5.73 Å². The van der Waals surface area contributed by atoms with E-state index in [9.17, 15) is 9.59 Å². The monoisotopic (exact) mass is 241 g/mol. The van der Waals surface area contributed by atoms with Gasteiger partial charge in [0.05, 0.1) is 0 Å². The summed E-state index contributed by atoms with van der Waals surface area (Å²) >= 11 is 0. The molecule has 1 atom stereocenters. The molecule has 5 heteroatoms. The molecule has 3 N–H and O–H groups in total. The molecule has 0 bridgehead atoms. The van der Waals surface area contributed by atoms with Gasteiger partial charge in [-0.1, -0.05) is 0 Å². The fraction of sp³-hybridized carbons (Fsp3) is 0.833. The number of hydrogen-bond acceptors (Lipinski definition) is 3. The van der Waals surface area contributed by atoms with Crippen molar-refractivity contribution in [1.29, 1.82) is 0 Å². The molecule has 1 aliphatic carbocycles. The van der Waals surface area contributed by atoms with Crippen molar-refractivity contribution in [3.8, 4) is 0 Å². The summed E-state index contributed by atoms with van der Waals surface area (Å²) in [5.74, 6) is 0.654. The van der Waals surface area contributed by atoms with Gasteiger partial charge in [0.1, 0.15) is 0 Å². The summed E-state index contributed by atoms with van der Waals surface area (Å²) in [6.07, 6.45) is 3.77. The smallest absolute Gasteiger partial charge is 0.222 e. The molecule has 0 saturated heterocycles. The molecule has 17 heavy (non-hydrogen) atoms. The molecule has 0 spiro atoms. The van der Waals surface area contributed by atoms with Crippen LogP contribution in [0.15, 0.2) is 0 Å². The van der Waals surface area contributed by atoms with Crippen LogP contribution in [0.25, 0.3) is 0 Å². The van der Waals surface area contributed by atoms with Crippen LogP contribution in [0, 0.1) is 5.92 Å². The van der Waals surface area contributed by atoms with Gasteiger partial charge in [-0.15, -0.1) is 0 Å². The summed E-state index contributed by atoms with van der Waals surface area (Å²) in [6, 6.07) is 0.132. The van der Waals surface area contributed by atoms with Crippen molar-refractivity contribution in [1.82, 2.24) is 10.2 Å². The van der Waals surface area contributed by atoms with E-state index in [1.165, 1.54) is 12.8 Å². The molecule has 1 unspecified atom stereocenters. The highest BCUT2D eigenvalue weighted by Gasteiger charge is 2.30. The molecule has 0 aliphatic heterocycles. The van der Waals surface area contributed by atoms with E-state index in [1.54, 1.807) is 19.0 Å². The van der Waals surface area contributed by atoms with Gasteiger partial charge in [0.2, 0.25) is 11.8 Å². The van der Waals surface area contributed by atoms with Gasteiger partial charge < -0.3 is 16.0 Å². The van der Waals surface area contributed by atoms with E-state index >= 15 is 0 Å². The van der Waals surface area contributed by atoms with E-state index in [-0.39, 0.29) is 17.9 Å². The molecule has 98 valence electrons. The first-order chi connectivity index (χ1) is 8.04. The van der Waals surface area contributed by atoms with Gasteiger partial charge in [0.15, 0.2) is 0 Å². The van der Waals surface area contributed by atoms with Crippen LogP contribution in [-0.2, 0) is 9.59 Å². The van der Waals surface area contributed by atoms with Crippen molar-refractivity contribution < 1.29 is 9.59 Å². The van der Waals surface area contributed by atoms with Crippen LogP contribution in [0.4, 0.5) is 0 Å². The maximum atomic E-state index is 11.6.